The molecule has 36 heavy (non-hydrogen) atoms. The molecule has 7 heteroatoms. The number of hydrogen-bond donors (Lipinski definition) is 3. The van der Waals surface area contributed by atoms with Crippen LogP contribution in [-0.2, 0) is 0 Å². The Morgan fingerprint density at radius 1 is 1.03 bits per heavy atom. The molecule has 7 nitrogen and oxygen atoms in total. The number of aliphatic hydroxyl groups excluding tert-OH is 2. The number of hydrogen-bond acceptors (Lipinski definition) is 6. The first-order valence-electron chi connectivity index (χ1n) is 14.2. The fourth-order valence-corrected chi connectivity index (χ4v) is 9.56. The summed E-state index contributed by atoms with van der Waals surface area (Å²) in [4.78, 5) is 18.6. The van der Waals surface area contributed by atoms with Crippen LogP contribution in [0.3, 0.4) is 0 Å². The Morgan fingerprint density at radius 3 is 2.42 bits per heavy atom. The zero-order valence-electron chi connectivity index (χ0n) is 22.1. The summed E-state index contributed by atoms with van der Waals surface area (Å²) in [5.41, 5.74) is 0.513. The molecule has 0 radical (unpaired) electrons. The lowest BCUT2D eigenvalue weighted by molar-refractivity contribution is -0.202. The standard InChI is InChI=1S/C29H44N2O5/c1-4-20-23-14-18(32)9-11-29(23,3)22-10-12-28(2)17(7-8-21(28)24(22)25(20)33)6-5-13-36-19-15-30-26(27(34)35)31-16-19/h15-18,20-25,32-33H,4-14H2,1-3H3,(H,34,35)/t17-,18+,20+,21-,22-,23-,24-,25+,28+,29+/m0/s1. The first-order valence-corrected chi connectivity index (χ1v) is 14.2. The highest BCUT2D eigenvalue weighted by molar-refractivity contribution is 5.82. The topological polar surface area (TPSA) is 113 Å². The van der Waals surface area contributed by atoms with Crippen molar-refractivity contribution in [1.82, 2.24) is 9.97 Å². The second kappa shape index (κ2) is 9.86. The molecule has 0 spiro atoms. The van der Waals surface area contributed by atoms with E-state index in [9.17, 15) is 15.0 Å². The van der Waals surface area contributed by atoms with Crippen LogP contribution in [0.25, 0.3) is 0 Å². The van der Waals surface area contributed by atoms with Crippen molar-refractivity contribution in [3.63, 3.8) is 0 Å². The van der Waals surface area contributed by atoms with E-state index in [1.807, 2.05) is 0 Å². The number of aliphatic hydroxyl groups is 2. The SMILES string of the molecule is CC[C@H]1[C@@H](O)[C@@H]2[C@H](CC[C@]3(C)[C@@H](CCCOc4cnc(C(=O)O)nc4)CC[C@@H]23)[C@@]2(C)CC[C@@H](O)C[C@@H]12. The minimum absolute atomic E-state index is 0.200. The van der Waals surface area contributed by atoms with Crippen molar-refractivity contribution in [2.45, 2.75) is 97.2 Å². The highest BCUT2D eigenvalue weighted by Gasteiger charge is 2.64. The Kier molecular flexibility index (Phi) is 7.10. The Hall–Kier alpha value is -1.73. The van der Waals surface area contributed by atoms with Gasteiger partial charge in [-0.3, -0.25) is 0 Å². The largest absolute Gasteiger partial charge is 0.490 e. The van der Waals surface area contributed by atoms with Gasteiger partial charge in [0.1, 0.15) is 0 Å². The number of aromatic nitrogens is 2. The zero-order chi connectivity index (χ0) is 25.7. The van der Waals surface area contributed by atoms with E-state index in [4.69, 9.17) is 9.84 Å². The summed E-state index contributed by atoms with van der Waals surface area (Å²) in [5.74, 6) is 2.06. The van der Waals surface area contributed by atoms with Crippen LogP contribution in [0.15, 0.2) is 12.4 Å². The molecular formula is C29H44N2O5. The molecule has 5 rings (SSSR count). The van der Waals surface area contributed by atoms with E-state index < -0.39 is 5.97 Å². The summed E-state index contributed by atoms with van der Waals surface area (Å²) < 4.78 is 5.80. The van der Waals surface area contributed by atoms with Gasteiger partial charge in [0.05, 0.1) is 31.2 Å². The van der Waals surface area contributed by atoms with Crippen LogP contribution in [0.1, 0.15) is 95.6 Å². The zero-order valence-corrected chi connectivity index (χ0v) is 22.1. The van der Waals surface area contributed by atoms with Gasteiger partial charge in [-0.2, -0.15) is 0 Å². The Labute approximate surface area is 215 Å². The van der Waals surface area contributed by atoms with Crippen molar-refractivity contribution in [3.8, 4) is 5.75 Å². The van der Waals surface area contributed by atoms with Gasteiger partial charge in [-0.25, -0.2) is 14.8 Å². The summed E-state index contributed by atoms with van der Waals surface area (Å²) >= 11 is 0. The second-order valence-corrected chi connectivity index (χ2v) is 12.8. The molecule has 1 heterocycles. The average molecular weight is 501 g/mol. The van der Waals surface area contributed by atoms with E-state index in [2.05, 4.69) is 30.7 Å². The van der Waals surface area contributed by atoms with Crippen LogP contribution in [0.4, 0.5) is 0 Å². The summed E-state index contributed by atoms with van der Waals surface area (Å²) in [7, 11) is 0. The molecule has 4 aliphatic carbocycles. The van der Waals surface area contributed by atoms with Crippen molar-refractivity contribution in [2.75, 3.05) is 6.61 Å². The van der Waals surface area contributed by atoms with Crippen LogP contribution in [0.5, 0.6) is 5.75 Å². The number of fused-ring (bicyclic) bond motifs is 5. The fourth-order valence-electron chi connectivity index (χ4n) is 9.56. The smallest absolute Gasteiger partial charge is 0.373 e. The maximum Gasteiger partial charge on any atom is 0.373 e. The molecule has 4 saturated carbocycles. The quantitative estimate of drug-likeness (QED) is 0.454. The Balaban J connectivity index is 1.24. The van der Waals surface area contributed by atoms with E-state index >= 15 is 0 Å². The molecule has 0 bridgehead atoms. The number of ether oxygens (including phenoxy) is 1. The van der Waals surface area contributed by atoms with Gasteiger partial charge in [-0.1, -0.05) is 27.2 Å². The first kappa shape index (κ1) is 25.9. The highest BCUT2D eigenvalue weighted by Crippen LogP contribution is 2.69. The van der Waals surface area contributed by atoms with Gasteiger partial charge in [0, 0.05) is 0 Å². The van der Waals surface area contributed by atoms with Gasteiger partial charge in [0.25, 0.3) is 0 Å². The molecule has 4 aliphatic rings. The van der Waals surface area contributed by atoms with Gasteiger partial charge in [0.2, 0.25) is 5.82 Å². The van der Waals surface area contributed by atoms with Crippen LogP contribution in [0, 0.1) is 46.3 Å². The molecule has 0 amide bonds. The molecule has 0 unspecified atom stereocenters. The monoisotopic (exact) mass is 500 g/mol. The normalized spacial score (nSPS) is 43.8. The Morgan fingerprint density at radius 2 is 1.72 bits per heavy atom. The van der Waals surface area contributed by atoms with Crippen LogP contribution in [0.2, 0.25) is 0 Å². The lowest BCUT2D eigenvalue weighted by atomic mass is 9.41. The summed E-state index contributed by atoms with van der Waals surface area (Å²) in [6.45, 7) is 7.80. The first-order chi connectivity index (χ1) is 17.2. The summed E-state index contributed by atoms with van der Waals surface area (Å²) in [6.07, 6.45) is 13.2. The molecule has 0 aliphatic heterocycles. The summed E-state index contributed by atoms with van der Waals surface area (Å²) in [6, 6.07) is 0. The van der Waals surface area contributed by atoms with Crippen molar-refractivity contribution in [2.24, 2.45) is 46.3 Å². The number of carboxylic acid groups (broad SMARTS) is 1. The molecule has 0 saturated heterocycles. The number of nitrogens with zero attached hydrogens (tertiary/aromatic N) is 2. The predicted molar refractivity (Wildman–Crippen MR) is 135 cm³/mol. The third-order valence-corrected chi connectivity index (χ3v) is 11.4. The molecule has 1 aromatic rings. The molecule has 1 aromatic heterocycles. The number of aromatic carboxylic acids is 1. The number of carboxylic acids is 1. The maximum atomic E-state index is 11.8. The van der Waals surface area contributed by atoms with Crippen molar-refractivity contribution in [1.29, 1.82) is 0 Å². The van der Waals surface area contributed by atoms with E-state index in [1.54, 1.807) is 0 Å². The van der Waals surface area contributed by atoms with Gasteiger partial charge >= 0.3 is 5.97 Å². The van der Waals surface area contributed by atoms with Crippen molar-refractivity contribution >= 4 is 5.97 Å². The Bertz CT molecular complexity index is 940. The maximum absolute atomic E-state index is 11.8. The minimum atomic E-state index is -1.14. The van der Waals surface area contributed by atoms with Crippen LogP contribution in [-0.4, -0.2) is 50.1 Å². The van der Waals surface area contributed by atoms with Crippen molar-refractivity contribution in [3.05, 3.63) is 18.2 Å². The third kappa shape index (κ3) is 4.24. The van der Waals surface area contributed by atoms with E-state index in [-0.39, 0.29) is 28.9 Å². The fraction of sp³-hybridized carbons (Fsp3) is 0.828. The molecular weight excluding hydrogens is 456 g/mol. The molecule has 200 valence electrons. The van der Waals surface area contributed by atoms with Crippen LogP contribution >= 0.6 is 0 Å². The van der Waals surface area contributed by atoms with Gasteiger partial charge < -0.3 is 20.1 Å². The van der Waals surface area contributed by atoms with Gasteiger partial charge in [0.15, 0.2) is 5.75 Å². The molecule has 4 fully saturated rings. The van der Waals surface area contributed by atoms with Gasteiger partial charge in [-0.15, -0.1) is 0 Å². The van der Waals surface area contributed by atoms with Gasteiger partial charge in [-0.05, 0) is 104 Å². The van der Waals surface area contributed by atoms with Crippen molar-refractivity contribution < 1.29 is 24.9 Å². The molecule has 3 N–H and O–H groups in total. The van der Waals surface area contributed by atoms with E-state index in [0.717, 1.165) is 38.5 Å². The van der Waals surface area contributed by atoms with E-state index in [0.29, 0.717) is 47.9 Å². The molecule has 10 atom stereocenters. The second-order valence-electron chi connectivity index (χ2n) is 12.8. The lowest BCUT2D eigenvalue weighted by Crippen LogP contribution is -2.62. The average Bonchev–Trinajstić information content (AvgIpc) is 3.19. The molecule has 0 aromatic carbocycles. The number of rotatable bonds is 7. The van der Waals surface area contributed by atoms with Crippen LogP contribution < -0.4 is 4.74 Å². The third-order valence-electron chi connectivity index (χ3n) is 11.4. The highest BCUT2D eigenvalue weighted by atomic mass is 16.5. The number of carbonyl (C=O) groups is 1. The lowest BCUT2D eigenvalue weighted by Gasteiger charge is -2.64. The van der Waals surface area contributed by atoms with E-state index in [1.165, 1.54) is 38.1 Å². The minimum Gasteiger partial charge on any atom is -0.490 e. The predicted octanol–water partition coefficient (Wildman–Crippen LogP) is 4.96. The summed E-state index contributed by atoms with van der Waals surface area (Å²) in [5, 5.41) is 31.2.